The van der Waals surface area contributed by atoms with Crippen molar-refractivity contribution in [2.45, 2.75) is 18.8 Å². The molecule has 0 radical (unpaired) electrons. The lowest BCUT2D eigenvalue weighted by molar-refractivity contribution is -0.157. The Hall–Kier alpha value is -1.10. The molecule has 0 aromatic heterocycles. The molecule has 2 heterocycles. The first-order chi connectivity index (χ1) is 5.81. The molecule has 0 bridgehead atoms. The van der Waals surface area contributed by atoms with Gasteiger partial charge in [-0.25, -0.2) is 0 Å². The Kier molecular flexibility index (Phi) is 1.73. The lowest BCUT2D eigenvalue weighted by Gasteiger charge is -2.31. The van der Waals surface area contributed by atoms with Crippen LogP contribution in [-0.4, -0.2) is 42.8 Å². The molecule has 2 atom stereocenters. The maximum atomic E-state index is 10.9. The van der Waals surface area contributed by atoms with Gasteiger partial charge in [-0.2, -0.15) is 0 Å². The highest BCUT2D eigenvalue weighted by Gasteiger charge is 2.45. The number of amides is 1. The van der Waals surface area contributed by atoms with Gasteiger partial charge < -0.3 is 14.4 Å². The monoisotopic (exact) mass is 171 g/mol. The zero-order chi connectivity index (χ0) is 8.55. The molecule has 0 aliphatic carbocycles. The molecule has 2 rings (SSSR count). The number of ether oxygens (including phenoxy) is 2. The molecular weight excluding hydrogens is 162 g/mol. The maximum Gasteiger partial charge on any atom is 0.293 e. The van der Waals surface area contributed by atoms with Gasteiger partial charge >= 0.3 is 0 Å². The van der Waals surface area contributed by atoms with Crippen molar-refractivity contribution in [3.63, 3.8) is 0 Å². The molecule has 0 N–H and O–H groups in total. The van der Waals surface area contributed by atoms with Crippen LogP contribution in [0.25, 0.3) is 0 Å². The van der Waals surface area contributed by atoms with Crippen molar-refractivity contribution in [1.82, 2.24) is 4.90 Å². The zero-order valence-electron chi connectivity index (χ0n) is 6.43. The maximum absolute atomic E-state index is 10.9. The zero-order valence-corrected chi connectivity index (χ0v) is 6.43. The van der Waals surface area contributed by atoms with Gasteiger partial charge in [0, 0.05) is 0 Å². The summed E-state index contributed by atoms with van der Waals surface area (Å²) in [5, 5.41) is 0. The van der Waals surface area contributed by atoms with Gasteiger partial charge in [0.1, 0.15) is 18.9 Å². The van der Waals surface area contributed by atoms with E-state index < -0.39 is 0 Å². The summed E-state index contributed by atoms with van der Waals surface area (Å²) in [5.74, 6) is 0.119. The molecule has 1 amide bonds. The second-order valence-corrected chi connectivity index (χ2v) is 2.89. The third-order valence-electron chi connectivity index (χ3n) is 2.12. The second kappa shape index (κ2) is 2.75. The van der Waals surface area contributed by atoms with Gasteiger partial charge in [0.15, 0.2) is 0 Å². The molecule has 5 heteroatoms. The molecular formula is C7H9NO4. The number of nitrogens with zero attached hydrogens (tertiary/aromatic N) is 1. The third kappa shape index (κ3) is 1.06. The van der Waals surface area contributed by atoms with E-state index in [0.717, 1.165) is 0 Å². The van der Waals surface area contributed by atoms with E-state index in [0.29, 0.717) is 19.4 Å². The molecule has 0 spiro atoms. The van der Waals surface area contributed by atoms with Gasteiger partial charge in [0.25, 0.3) is 6.47 Å². The van der Waals surface area contributed by atoms with Crippen molar-refractivity contribution in [3.05, 3.63) is 0 Å². The average molecular weight is 171 g/mol. The molecule has 0 aromatic rings. The molecule has 12 heavy (non-hydrogen) atoms. The van der Waals surface area contributed by atoms with Gasteiger partial charge in [-0.3, -0.25) is 9.59 Å². The van der Waals surface area contributed by atoms with E-state index in [9.17, 15) is 9.59 Å². The Morgan fingerprint density at radius 3 is 3.17 bits per heavy atom. The molecule has 0 aromatic carbocycles. The minimum atomic E-state index is -0.133. The number of hydrogen-bond donors (Lipinski definition) is 0. The highest BCUT2D eigenvalue weighted by molar-refractivity contribution is 5.82. The van der Waals surface area contributed by atoms with Crippen LogP contribution in [0.2, 0.25) is 0 Å². The van der Waals surface area contributed by atoms with E-state index in [1.165, 1.54) is 0 Å². The van der Waals surface area contributed by atoms with E-state index in [2.05, 4.69) is 4.74 Å². The van der Waals surface area contributed by atoms with Crippen LogP contribution in [0.1, 0.15) is 6.42 Å². The van der Waals surface area contributed by atoms with Crippen molar-refractivity contribution in [2.75, 3.05) is 13.2 Å². The number of hydrogen-bond acceptors (Lipinski definition) is 4. The number of β-lactam (4-membered cyclic amide) rings is 1. The summed E-state index contributed by atoms with van der Waals surface area (Å²) >= 11 is 0. The van der Waals surface area contributed by atoms with E-state index in [1.54, 1.807) is 4.90 Å². The molecule has 0 unspecified atom stereocenters. The molecule has 5 nitrogen and oxygen atoms in total. The summed E-state index contributed by atoms with van der Waals surface area (Å²) in [4.78, 5) is 22.4. The third-order valence-corrected chi connectivity index (χ3v) is 2.12. The summed E-state index contributed by atoms with van der Waals surface area (Å²) < 4.78 is 9.89. The lowest BCUT2D eigenvalue weighted by atomic mass is 10.2. The summed E-state index contributed by atoms with van der Waals surface area (Å²) in [6.45, 7) is 1.18. The predicted octanol–water partition coefficient (Wildman–Crippen LogP) is -0.883. The van der Waals surface area contributed by atoms with Crippen molar-refractivity contribution < 1.29 is 19.1 Å². The van der Waals surface area contributed by atoms with Crippen LogP contribution >= 0.6 is 0 Å². The number of carbonyl (C=O) groups excluding carboxylic acids is 2. The van der Waals surface area contributed by atoms with E-state index in [1.807, 2.05) is 0 Å². The van der Waals surface area contributed by atoms with Crippen LogP contribution < -0.4 is 0 Å². The Balaban J connectivity index is 1.82. The number of carbonyl (C=O) groups is 2. The molecule has 2 aliphatic heterocycles. The Labute approximate surface area is 69.2 Å². The van der Waals surface area contributed by atoms with E-state index in [-0.39, 0.29) is 24.8 Å². The largest absolute Gasteiger partial charge is 0.465 e. The highest BCUT2D eigenvalue weighted by atomic mass is 16.6. The Morgan fingerprint density at radius 2 is 2.58 bits per heavy atom. The summed E-state index contributed by atoms with van der Waals surface area (Å²) in [5.41, 5.74) is 0. The van der Waals surface area contributed by atoms with Crippen LogP contribution in [0.4, 0.5) is 0 Å². The Bertz CT molecular complexity index is 217. The molecule has 2 saturated heterocycles. The summed E-state index contributed by atoms with van der Waals surface area (Å²) in [7, 11) is 0. The molecule has 2 fully saturated rings. The van der Waals surface area contributed by atoms with E-state index >= 15 is 0 Å². The SMILES string of the molecule is O=COC[C@@H]1CN2C(=O)C[C@@H]2O1. The fourth-order valence-electron chi connectivity index (χ4n) is 1.49. The minimum Gasteiger partial charge on any atom is -0.465 e. The fourth-order valence-corrected chi connectivity index (χ4v) is 1.49. The van der Waals surface area contributed by atoms with E-state index in [4.69, 9.17) is 4.74 Å². The van der Waals surface area contributed by atoms with Crippen LogP contribution in [0.15, 0.2) is 0 Å². The van der Waals surface area contributed by atoms with Gasteiger partial charge in [0.05, 0.1) is 13.0 Å². The molecule has 66 valence electrons. The van der Waals surface area contributed by atoms with Crippen molar-refractivity contribution in [1.29, 1.82) is 0 Å². The Morgan fingerprint density at radius 1 is 1.75 bits per heavy atom. The van der Waals surface area contributed by atoms with Gasteiger partial charge in [-0.15, -0.1) is 0 Å². The summed E-state index contributed by atoms with van der Waals surface area (Å²) in [6, 6.07) is 0. The highest BCUT2D eigenvalue weighted by Crippen LogP contribution is 2.28. The van der Waals surface area contributed by atoms with Crippen LogP contribution in [0.3, 0.4) is 0 Å². The predicted molar refractivity (Wildman–Crippen MR) is 37.0 cm³/mol. The smallest absolute Gasteiger partial charge is 0.293 e. The number of fused-ring (bicyclic) bond motifs is 1. The molecule has 0 saturated carbocycles. The van der Waals surface area contributed by atoms with Gasteiger partial charge in [-0.1, -0.05) is 0 Å². The number of rotatable bonds is 3. The standard InChI is InChI=1S/C7H9NO4/c9-4-11-3-5-2-8-6(10)1-7(8)12-5/h4-5,7H,1-3H2/t5-,7-/m0/s1. The minimum absolute atomic E-state index is 0.0576. The quantitative estimate of drug-likeness (QED) is 0.408. The van der Waals surface area contributed by atoms with Crippen LogP contribution in [-0.2, 0) is 19.1 Å². The first kappa shape index (κ1) is 7.54. The summed E-state index contributed by atoms with van der Waals surface area (Å²) in [6.07, 6.45) is 0.279. The van der Waals surface area contributed by atoms with Gasteiger partial charge in [0.2, 0.25) is 5.91 Å². The first-order valence-corrected chi connectivity index (χ1v) is 3.81. The van der Waals surface area contributed by atoms with Crippen LogP contribution in [0.5, 0.6) is 0 Å². The average Bonchev–Trinajstić information content (AvgIpc) is 2.39. The topological polar surface area (TPSA) is 55.8 Å². The van der Waals surface area contributed by atoms with Crippen molar-refractivity contribution >= 4 is 12.4 Å². The lowest BCUT2D eigenvalue weighted by Crippen LogP contribution is -2.48. The van der Waals surface area contributed by atoms with Crippen molar-refractivity contribution in [2.24, 2.45) is 0 Å². The van der Waals surface area contributed by atoms with Crippen molar-refractivity contribution in [3.8, 4) is 0 Å². The fraction of sp³-hybridized carbons (Fsp3) is 0.714. The van der Waals surface area contributed by atoms with Crippen LogP contribution in [0, 0.1) is 0 Å². The normalized spacial score (nSPS) is 32.7. The molecule has 2 aliphatic rings. The van der Waals surface area contributed by atoms with Gasteiger partial charge in [-0.05, 0) is 0 Å². The first-order valence-electron chi connectivity index (χ1n) is 3.81. The second-order valence-electron chi connectivity index (χ2n) is 2.89.